The third kappa shape index (κ3) is 8.11. The summed E-state index contributed by atoms with van der Waals surface area (Å²) in [6.07, 6.45) is -2.27. The lowest BCUT2D eigenvalue weighted by Crippen LogP contribution is -2.13. The van der Waals surface area contributed by atoms with Gasteiger partial charge in [-0.05, 0) is 12.5 Å². The molecule has 1 unspecified atom stereocenters. The van der Waals surface area contributed by atoms with Crippen LogP contribution < -0.4 is 5.73 Å². The van der Waals surface area contributed by atoms with Crippen molar-refractivity contribution in [3.63, 3.8) is 0 Å². The third-order valence-electron chi connectivity index (χ3n) is 0.983. The van der Waals surface area contributed by atoms with Gasteiger partial charge in [-0.1, -0.05) is 6.92 Å². The van der Waals surface area contributed by atoms with Crippen molar-refractivity contribution >= 4 is 12.4 Å². The van der Waals surface area contributed by atoms with Crippen LogP contribution in [0.5, 0.6) is 0 Å². The number of alkyl halides is 2. The molecular weight excluding hydrogens is 148 g/mol. The summed E-state index contributed by atoms with van der Waals surface area (Å²) in [4.78, 5) is 0. The van der Waals surface area contributed by atoms with Gasteiger partial charge in [0.2, 0.25) is 6.43 Å². The third-order valence-corrected chi connectivity index (χ3v) is 0.983. The van der Waals surface area contributed by atoms with Crippen molar-refractivity contribution in [3.05, 3.63) is 0 Å². The molecule has 0 fully saturated rings. The Labute approximate surface area is 60.0 Å². The van der Waals surface area contributed by atoms with Crippen LogP contribution in [0.2, 0.25) is 0 Å². The van der Waals surface area contributed by atoms with E-state index >= 15 is 0 Å². The van der Waals surface area contributed by atoms with Gasteiger partial charge in [-0.25, -0.2) is 8.78 Å². The molecule has 0 radical (unpaired) electrons. The minimum absolute atomic E-state index is 0. The first kappa shape index (κ1) is 11.9. The topological polar surface area (TPSA) is 26.0 Å². The minimum Gasteiger partial charge on any atom is -0.330 e. The van der Waals surface area contributed by atoms with Crippen LogP contribution in [0, 0.1) is 5.92 Å². The highest BCUT2D eigenvalue weighted by atomic mass is 35.5. The van der Waals surface area contributed by atoms with E-state index in [1.165, 1.54) is 0 Å². The maximum atomic E-state index is 11.4. The zero-order valence-electron chi connectivity index (χ0n) is 5.31. The molecular formula is C5H12ClF2N. The van der Waals surface area contributed by atoms with Gasteiger partial charge in [0, 0.05) is 6.42 Å². The standard InChI is InChI=1S/C5H11F2N.ClH/c1-4(3-8)2-5(6)7;/h4-5H,2-3,8H2,1H3;1H. The van der Waals surface area contributed by atoms with Crippen LogP contribution in [0.15, 0.2) is 0 Å². The van der Waals surface area contributed by atoms with E-state index in [1.807, 2.05) is 0 Å². The summed E-state index contributed by atoms with van der Waals surface area (Å²) < 4.78 is 22.8. The molecule has 0 aliphatic rings. The Bertz CT molecular complexity index is 60.9. The summed E-state index contributed by atoms with van der Waals surface area (Å²) in [5.41, 5.74) is 5.09. The van der Waals surface area contributed by atoms with Gasteiger partial charge in [0.15, 0.2) is 0 Å². The fourth-order valence-electron chi connectivity index (χ4n) is 0.400. The lowest BCUT2D eigenvalue weighted by atomic mass is 10.1. The maximum Gasteiger partial charge on any atom is 0.238 e. The number of halogens is 3. The van der Waals surface area contributed by atoms with Crippen LogP contribution in [0.4, 0.5) is 8.78 Å². The van der Waals surface area contributed by atoms with E-state index in [-0.39, 0.29) is 24.7 Å². The molecule has 0 bridgehead atoms. The molecule has 0 aromatic rings. The lowest BCUT2D eigenvalue weighted by molar-refractivity contribution is 0.119. The van der Waals surface area contributed by atoms with Gasteiger partial charge in [0.1, 0.15) is 0 Å². The largest absolute Gasteiger partial charge is 0.330 e. The van der Waals surface area contributed by atoms with Gasteiger partial charge in [-0.3, -0.25) is 0 Å². The molecule has 2 N–H and O–H groups in total. The molecule has 1 nitrogen and oxygen atoms in total. The van der Waals surface area contributed by atoms with E-state index in [0.29, 0.717) is 6.54 Å². The highest BCUT2D eigenvalue weighted by Gasteiger charge is 2.07. The van der Waals surface area contributed by atoms with E-state index in [0.717, 1.165) is 0 Å². The van der Waals surface area contributed by atoms with Crippen molar-refractivity contribution in [2.45, 2.75) is 19.8 Å². The Balaban J connectivity index is 0. The molecule has 0 heterocycles. The van der Waals surface area contributed by atoms with Gasteiger partial charge < -0.3 is 5.73 Å². The van der Waals surface area contributed by atoms with Crippen LogP contribution in [-0.2, 0) is 0 Å². The second kappa shape index (κ2) is 6.23. The van der Waals surface area contributed by atoms with E-state index in [1.54, 1.807) is 6.92 Å². The normalized spacial score (nSPS) is 13.0. The highest BCUT2D eigenvalue weighted by molar-refractivity contribution is 5.85. The summed E-state index contributed by atoms with van der Waals surface area (Å²) in [6.45, 7) is 2.07. The lowest BCUT2D eigenvalue weighted by Gasteiger charge is -2.04. The number of hydrogen-bond donors (Lipinski definition) is 1. The van der Waals surface area contributed by atoms with Gasteiger partial charge in [-0.2, -0.15) is 0 Å². The average Bonchev–Trinajstić information content (AvgIpc) is 1.65. The molecule has 0 saturated heterocycles. The van der Waals surface area contributed by atoms with E-state index in [9.17, 15) is 8.78 Å². The quantitative estimate of drug-likeness (QED) is 0.666. The van der Waals surface area contributed by atoms with Crippen LogP contribution in [0.3, 0.4) is 0 Å². The Morgan fingerprint density at radius 2 is 1.89 bits per heavy atom. The zero-order chi connectivity index (χ0) is 6.57. The molecule has 0 aliphatic heterocycles. The number of rotatable bonds is 3. The Kier molecular flexibility index (Phi) is 8.21. The van der Waals surface area contributed by atoms with Crippen molar-refractivity contribution in [2.75, 3.05) is 6.54 Å². The Morgan fingerprint density at radius 1 is 1.44 bits per heavy atom. The molecule has 58 valence electrons. The molecule has 0 spiro atoms. The van der Waals surface area contributed by atoms with Gasteiger partial charge >= 0.3 is 0 Å². The fraction of sp³-hybridized carbons (Fsp3) is 1.00. The fourth-order valence-corrected chi connectivity index (χ4v) is 0.400. The van der Waals surface area contributed by atoms with Crippen LogP contribution in [0.25, 0.3) is 0 Å². The molecule has 1 atom stereocenters. The van der Waals surface area contributed by atoms with E-state index < -0.39 is 6.43 Å². The van der Waals surface area contributed by atoms with Crippen molar-refractivity contribution in [1.82, 2.24) is 0 Å². The smallest absolute Gasteiger partial charge is 0.238 e. The van der Waals surface area contributed by atoms with Crippen molar-refractivity contribution in [2.24, 2.45) is 11.7 Å². The zero-order valence-corrected chi connectivity index (χ0v) is 6.13. The summed E-state index contributed by atoms with van der Waals surface area (Å²) in [6, 6.07) is 0. The van der Waals surface area contributed by atoms with Crippen molar-refractivity contribution in [1.29, 1.82) is 0 Å². The van der Waals surface area contributed by atoms with Crippen LogP contribution in [0.1, 0.15) is 13.3 Å². The first-order valence-corrected chi connectivity index (χ1v) is 2.65. The van der Waals surface area contributed by atoms with Gasteiger partial charge in [0.25, 0.3) is 0 Å². The van der Waals surface area contributed by atoms with Crippen molar-refractivity contribution in [3.8, 4) is 0 Å². The Morgan fingerprint density at radius 3 is 2.00 bits per heavy atom. The summed E-state index contributed by atoms with van der Waals surface area (Å²) in [7, 11) is 0. The maximum absolute atomic E-state index is 11.4. The van der Waals surface area contributed by atoms with Crippen molar-refractivity contribution < 1.29 is 8.78 Å². The van der Waals surface area contributed by atoms with Gasteiger partial charge in [0.05, 0.1) is 0 Å². The second-order valence-corrected chi connectivity index (χ2v) is 1.97. The number of hydrogen-bond acceptors (Lipinski definition) is 1. The van der Waals surface area contributed by atoms with E-state index in [2.05, 4.69) is 0 Å². The molecule has 4 heteroatoms. The second-order valence-electron chi connectivity index (χ2n) is 1.97. The predicted molar refractivity (Wildman–Crippen MR) is 36.1 cm³/mol. The van der Waals surface area contributed by atoms with Crippen LogP contribution in [-0.4, -0.2) is 13.0 Å². The highest BCUT2D eigenvalue weighted by Crippen LogP contribution is 2.07. The summed E-state index contributed by atoms with van der Waals surface area (Å²) in [5, 5.41) is 0. The molecule has 0 rings (SSSR count). The predicted octanol–water partition coefficient (Wildman–Crippen LogP) is 1.66. The summed E-state index contributed by atoms with van der Waals surface area (Å²) in [5.74, 6) is -0.0463. The molecule has 9 heavy (non-hydrogen) atoms. The monoisotopic (exact) mass is 159 g/mol. The summed E-state index contributed by atoms with van der Waals surface area (Å²) >= 11 is 0. The SMILES string of the molecule is CC(CN)CC(F)F.Cl. The Hall–Kier alpha value is 0.110. The van der Waals surface area contributed by atoms with Gasteiger partial charge in [-0.15, -0.1) is 12.4 Å². The first-order valence-electron chi connectivity index (χ1n) is 2.65. The molecule has 0 aromatic heterocycles. The number of nitrogens with two attached hydrogens (primary N) is 1. The van der Waals surface area contributed by atoms with Crippen LogP contribution >= 0.6 is 12.4 Å². The van der Waals surface area contributed by atoms with E-state index in [4.69, 9.17) is 5.73 Å². The first-order chi connectivity index (χ1) is 3.66. The molecule has 0 amide bonds. The molecule has 0 aliphatic carbocycles. The minimum atomic E-state index is -2.20. The average molecular weight is 160 g/mol. The molecule has 0 saturated carbocycles. The molecule has 0 aromatic carbocycles.